The van der Waals surface area contributed by atoms with Crippen molar-refractivity contribution in [2.75, 3.05) is 52.1 Å². The molecule has 3 amide bonds. The van der Waals surface area contributed by atoms with E-state index in [0.29, 0.717) is 48.8 Å². The van der Waals surface area contributed by atoms with Crippen LogP contribution in [0.3, 0.4) is 0 Å². The maximum Gasteiger partial charge on any atom is 0.254 e. The maximum absolute atomic E-state index is 13.3. The molecule has 2 aliphatic carbocycles. The van der Waals surface area contributed by atoms with Gasteiger partial charge in [-0.2, -0.15) is 0 Å². The smallest absolute Gasteiger partial charge is 0.254 e. The number of fused-ring (bicyclic) bond motifs is 2. The lowest BCUT2D eigenvalue weighted by atomic mass is 9.78. The molecule has 2 aromatic heterocycles. The Morgan fingerprint density at radius 3 is 1.65 bits per heavy atom. The topological polar surface area (TPSA) is 119 Å². The number of nitrogens with zero attached hydrogens (tertiary/aromatic N) is 3. The van der Waals surface area contributed by atoms with Gasteiger partial charge in [-0.25, -0.2) is 13.1 Å². The first-order valence-electron chi connectivity index (χ1n) is 21.4. The molecule has 6 aliphatic rings. The zero-order valence-electron chi connectivity index (χ0n) is 32.9. The number of amides is 3. The third kappa shape index (κ3) is 10.4. The SMILES string of the molecule is CS(=O)(=O)NCCC(=O)N1CCC(c2cc(C(=O)N3CCCC4CCCCC43)cs2)CC1.O=C(c1csc(C2CCNCC2)c1)N1CCCC2CCCCC21. The minimum absolute atomic E-state index is 0.00576. The molecule has 4 saturated heterocycles. The zero-order chi connectivity index (χ0) is 38.4. The summed E-state index contributed by atoms with van der Waals surface area (Å²) in [5.41, 5.74) is 1.79. The third-order valence-electron chi connectivity index (χ3n) is 13.4. The van der Waals surface area contributed by atoms with Crippen LogP contribution in [0.15, 0.2) is 22.9 Å². The van der Waals surface area contributed by atoms with Gasteiger partial charge in [-0.3, -0.25) is 14.4 Å². The number of hydrogen-bond donors (Lipinski definition) is 2. The van der Waals surface area contributed by atoms with E-state index in [1.54, 1.807) is 22.7 Å². The monoisotopic (exact) mass is 813 g/mol. The van der Waals surface area contributed by atoms with Gasteiger partial charge >= 0.3 is 0 Å². The first-order valence-corrected chi connectivity index (χ1v) is 25.0. The van der Waals surface area contributed by atoms with Crippen molar-refractivity contribution < 1.29 is 22.8 Å². The molecule has 8 rings (SSSR count). The van der Waals surface area contributed by atoms with E-state index in [0.717, 1.165) is 75.2 Å². The number of likely N-dealkylation sites (tertiary alicyclic amines) is 3. The summed E-state index contributed by atoms with van der Waals surface area (Å²) in [5, 5.41) is 7.57. The fourth-order valence-electron chi connectivity index (χ4n) is 10.5. The standard InChI is InChI=1S/C23H35N3O4S2.C19H28N2OS/c1-32(29,30)24-11-8-22(27)25-13-9-18(10-14-25)21-15-19(16-31-21)23(28)26-12-4-6-17-5-2-3-7-20(17)26;22-19(21-11-3-5-14-4-1-2-6-17(14)21)16-12-18(23-13-16)15-7-9-20-10-8-15/h15-18,20,24H,2-14H2,1H3;12-15,17,20H,1-11H2. The van der Waals surface area contributed by atoms with Gasteiger partial charge < -0.3 is 20.0 Å². The maximum atomic E-state index is 13.3. The molecule has 6 fully saturated rings. The van der Waals surface area contributed by atoms with Gasteiger partial charge in [-0.1, -0.05) is 25.7 Å². The highest BCUT2D eigenvalue weighted by molar-refractivity contribution is 7.88. The summed E-state index contributed by atoms with van der Waals surface area (Å²) >= 11 is 3.48. The normalized spacial score (nSPS) is 26.7. The predicted octanol–water partition coefficient (Wildman–Crippen LogP) is 7.20. The molecule has 0 bridgehead atoms. The number of rotatable bonds is 8. The number of carbonyl (C=O) groups is 3. The summed E-state index contributed by atoms with van der Waals surface area (Å²) < 4.78 is 24.7. The number of thiophene rings is 2. The van der Waals surface area contributed by atoms with Crippen molar-refractivity contribution in [3.63, 3.8) is 0 Å². The van der Waals surface area contributed by atoms with E-state index in [1.165, 1.54) is 86.8 Å². The van der Waals surface area contributed by atoms with Crippen molar-refractivity contribution in [1.29, 1.82) is 0 Å². The Morgan fingerprint density at radius 1 is 0.673 bits per heavy atom. The summed E-state index contributed by atoms with van der Waals surface area (Å²) in [6.45, 7) is 5.59. The first-order chi connectivity index (χ1) is 26.6. The van der Waals surface area contributed by atoms with Gasteiger partial charge in [0.1, 0.15) is 0 Å². The molecule has 10 nitrogen and oxygen atoms in total. The molecule has 2 N–H and O–H groups in total. The minimum Gasteiger partial charge on any atom is -0.343 e. The van der Waals surface area contributed by atoms with Crippen LogP contribution in [0.2, 0.25) is 0 Å². The molecule has 4 atom stereocenters. The summed E-state index contributed by atoms with van der Waals surface area (Å²) in [7, 11) is -3.27. The lowest BCUT2D eigenvalue weighted by Crippen LogP contribution is -2.49. The van der Waals surface area contributed by atoms with E-state index >= 15 is 0 Å². The van der Waals surface area contributed by atoms with E-state index in [9.17, 15) is 22.8 Å². The molecule has 304 valence electrons. The Bertz CT molecular complexity index is 1710. The Kier molecular flexibility index (Phi) is 14.1. The largest absolute Gasteiger partial charge is 0.343 e. The van der Waals surface area contributed by atoms with Gasteiger partial charge in [0.2, 0.25) is 15.9 Å². The highest BCUT2D eigenvalue weighted by atomic mass is 32.2. The molecular formula is C42H63N5O5S3. The highest BCUT2D eigenvalue weighted by Crippen LogP contribution is 2.39. The molecule has 13 heteroatoms. The average Bonchev–Trinajstić information content (AvgIpc) is 3.92. The predicted molar refractivity (Wildman–Crippen MR) is 222 cm³/mol. The van der Waals surface area contributed by atoms with Crippen molar-refractivity contribution >= 4 is 50.4 Å². The second-order valence-corrected chi connectivity index (χ2v) is 20.8. The number of sulfonamides is 1. The van der Waals surface area contributed by atoms with Crippen LogP contribution in [0, 0.1) is 11.8 Å². The van der Waals surface area contributed by atoms with Crippen molar-refractivity contribution in [3.05, 3.63) is 43.8 Å². The van der Waals surface area contributed by atoms with Crippen LogP contribution in [0.25, 0.3) is 0 Å². The zero-order valence-corrected chi connectivity index (χ0v) is 35.3. The Labute approximate surface area is 337 Å². The van der Waals surface area contributed by atoms with Crippen LogP contribution in [0.1, 0.15) is 151 Å². The van der Waals surface area contributed by atoms with Gasteiger partial charge in [0.05, 0.1) is 17.4 Å². The average molecular weight is 814 g/mol. The van der Waals surface area contributed by atoms with Crippen LogP contribution < -0.4 is 10.0 Å². The molecule has 55 heavy (non-hydrogen) atoms. The summed E-state index contributed by atoms with van der Waals surface area (Å²) in [4.78, 5) is 47.6. The van der Waals surface area contributed by atoms with E-state index in [1.807, 2.05) is 10.3 Å². The summed E-state index contributed by atoms with van der Waals surface area (Å²) in [6.07, 6.45) is 20.6. The lowest BCUT2D eigenvalue weighted by Gasteiger charge is -2.44. The molecule has 0 spiro atoms. The van der Waals surface area contributed by atoms with Gasteiger partial charge in [0, 0.05) is 71.7 Å². The second kappa shape index (κ2) is 19.0. The van der Waals surface area contributed by atoms with E-state index in [2.05, 4.69) is 37.4 Å². The lowest BCUT2D eigenvalue weighted by molar-refractivity contribution is -0.132. The van der Waals surface area contributed by atoms with Crippen LogP contribution >= 0.6 is 22.7 Å². The fourth-order valence-corrected chi connectivity index (χ4v) is 13.0. The van der Waals surface area contributed by atoms with Crippen LogP contribution in [0.5, 0.6) is 0 Å². The number of carbonyl (C=O) groups excluding carboxylic acids is 3. The second-order valence-electron chi connectivity index (χ2n) is 17.1. The van der Waals surface area contributed by atoms with Gasteiger partial charge in [0.25, 0.3) is 11.8 Å². The quantitative estimate of drug-likeness (QED) is 0.291. The fraction of sp³-hybridized carbons (Fsp3) is 0.738. The molecule has 4 unspecified atom stereocenters. The molecule has 6 heterocycles. The van der Waals surface area contributed by atoms with E-state index in [-0.39, 0.29) is 24.8 Å². The van der Waals surface area contributed by atoms with Gasteiger partial charge in [0.15, 0.2) is 0 Å². The molecular weight excluding hydrogens is 751 g/mol. The Hall–Kier alpha value is -2.32. The molecule has 0 aromatic carbocycles. The van der Waals surface area contributed by atoms with E-state index in [4.69, 9.17) is 0 Å². The Morgan fingerprint density at radius 2 is 1.15 bits per heavy atom. The van der Waals surface area contributed by atoms with Crippen molar-refractivity contribution in [1.82, 2.24) is 24.7 Å². The van der Waals surface area contributed by atoms with Gasteiger partial charge in [-0.05, 0) is 126 Å². The number of hydrogen-bond acceptors (Lipinski definition) is 8. The number of piperidine rings is 4. The van der Waals surface area contributed by atoms with Crippen molar-refractivity contribution in [3.8, 4) is 0 Å². The van der Waals surface area contributed by atoms with E-state index < -0.39 is 10.0 Å². The molecule has 2 saturated carbocycles. The molecule has 0 radical (unpaired) electrons. The molecule has 4 aliphatic heterocycles. The van der Waals surface area contributed by atoms with Gasteiger partial charge in [-0.15, -0.1) is 22.7 Å². The summed E-state index contributed by atoms with van der Waals surface area (Å²) in [5.74, 6) is 3.00. The number of nitrogens with one attached hydrogen (secondary N) is 2. The van der Waals surface area contributed by atoms with Crippen LogP contribution in [0.4, 0.5) is 0 Å². The highest BCUT2D eigenvalue weighted by Gasteiger charge is 2.38. The van der Waals surface area contributed by atoms with Crippen LogP contribution in [-0.2, 0) is 14.8 Å². The molecule has 2 aromatic rings. The van der Waals surface area contributed by atoms with Crippen molar-refractivity contribution in [2.24, 2.45) is 11.8 Å². The first kappa shape index (κ1) is 40.9. The van der Waals surface area contributed by atoms with Crippen molar-refractivity contribution in [2.45, 2.75) is 133 Å². The summed E-state index contributed by atoms with van der Waals surface area (Å²) in [6, 6.07) is 5.25. The minimum atomic E-state index is -3.27. The third-order valence-corrected chi connectivity index (χ3v) is 16.4. The Balaban J connectivity index is 0.000000178. The van der Waals surface area contributed by atoms with Crippen LogP contribution in [-0.4, -0.2) is 105 Å².